The average Bonchev–Trinajstić information content (AvgIpc) is 3.58. The third-order valence-corrected chi connectivity index (χ3v) is 11.1. The molecule has 0 nitrogen and oxygen atoms in total. The summed E-state index contributed by atoms with van der Waals surface area (Å²) in [5, 5.41) is 21.1. The van der Waals surface area contributed by atoms with E-state index in [-0.39, 0.29) is 0 Å². The molecule has 0 aliphatic heterocycles. The minimum Gasteiger partial charge on any atom is -0.0616 e. The lowest BCUT2D eigenvalue weighted by Gasteiger charge is -2.14. The molecule has 0 heterocycles. The molecule has 0 aromatic heterocycles. The Kier molecular flexibility index (Phi) is 5.54. The van der Waals surface area contributed by atoms with E-state index < -0.39 is 0 Å². The molecular formula is C49H30. The van der Waals surface area contributed by atoms with Gasteiger partial charge in [0.1, 0.15) is 0 Å². The predicted octanol–water partition coefficient (Wildman–Crippen LogP) is 11.6. The lowest BCUT2D eigenvalue weighted by Crippen LogP contribution is -2.25. The van der Waals surface area contributed by atoms with Gasteiger partial charge >= 0.3 is 0 Å². The van der Waals surface area contributed by atoms with Crippen LogP contribution < -0.4 is 10.4 Å². The first kappa shape index (κ1) is 26.8. The molecule has 11 rings (SSSR count). The molecule has 0 atom stereocenters. The summed E-state index contributed by atoms with van der Waals surface area (Å²) in [6.07, 6.45) is 0.886. The van der Waals surface area contributed by atoms with E-state index in [1.165, 1.54) is 108 Å². The Balaban J connectivity index is 1.21. The average molecular weight is 619 g/mol. The van der Waals surface area contributed by atoms with Crippen LogP contribution in [0.1, 0.15) is 17.5 Å². The quantitative estimate of drug-likeness (QED) is 0.169. The number of fused-ring (bicyclic) bond motifs is 15. The van der Waals surface area contributed by atoms with Crippen LogP contribution in [0.25, 0.3) is 86.6 Å². The fourth-order valence-corrected chi connectivity index (χ4v) is 8.90. The smallest absolute Gasteiger partial charge is 0.000132 e. The maximum absolute atomic E-state index is 2.47. The summed E-state index contributed by atoms with van der Waals surface area (Å²) < 4.78 is 0. The molecule has 0 amide bonds. The van der Waals surface area contributed by atoms with Crippen molar-refractivity contribution in [2.45, 2.75) is 6.42 Å². The van der Waals surface area contributed by atoms with Crippen LogP contribution in [0.4, 0.5) is 0 Å². The van der Waals surface area contributed by atoms with Crippen LogP contribution in [-0.2, 0) is 0 Å². The highest BCUT2D eigenvalue weighted by Gasteiger charge is 2.21. The molecule has 0 saturated heterocycles. The lowest BCUT2D eigenvalue weighted by atomic mass is 9.89. The van der Waals surface area contributed by atoms with Crippen molar-refractivity contribution >= 4 is 86.6 Å². The Morgan fingerprint density at radius 1 is 0.265 bits per heavy atom. The Hall–Kier alpha value is -6.24. The van der Waals surface area contributed by atoms with E-state index in [0.29, 0.717) is 0 Å². The number of rotatable bonds is 2. The Labute approximate surface area is 283 Å². The Bertz CT molecular complexity index is 3110. The largest absolute Gasteiger partial charge is 0.0616 e. The first-order chi connectivity index (χ1) is 24.3. The molecule has 10 aromatic rings. The second-order valence-electron chi connectivity index (χ2n) is 13.5. The van der Waals surface area contributed by atoms with Crippen molar-refractivity contribution in [2.75, 3.05) is 0 Å². The zero-order valence-electron chi connectivity index (χ0n) is 26.9. The van der Waals surface area contributed by atoms with Gasteiger partial charge in [-0.1, -0.05) is 158 Å². The summed E-state index contributed by atoms with van der Waals surface area (Å²) in [6.45, 7) is 0. The summed E-state index contributed by atoms with van der Waals surface area (Å²) in [4.78, 5) is 0. The molecule has 10 aromatic carbocycles. The first-order valence-electron chi connectivity index (χ1n) is 17.2. The van der Waals surface area contributed by atoms with E-state index in [1.807, 2.05) is 0 Å². The van der Waals surface area contributed by atoms with E-state index in [0.717, 1.165) is 6.42 Å². The molecule has 49 heavy (non-hydrogen) atoms. The predicted molar refractivity (Wildman–Crippen MR) is 211 cm³/mol. The van der Waals surface area contributed by atoms with Crippen LogP contribution >= 0.6 is 0 Å². The standard InChI is InChI=1S/C49H30/c1-2-12-33-30(11-1)21-26-44-45(31-22-24-42-38-17-5-3-13-34(38)36-15-7-9-19-40(36)47(42)27-31)29-46(49(33)44)32-23-25-43-39-18-6-4-14-35(39)37-16-8-10-20-41(37)48(43)28-32/h1-28H,29H2. The molecule has 226 valence electrons. The molecule has 0 saturated carbocycles. The maximum Gasteiger partial charge on any atom is -0.000132 e. The van der Waals surface area contributed by atoms with Crippen molar-refractivity contribution in [1.29, 1.82) is 0 Å². The molecule has 0 bridgehead atoms. The van der Waals surface area contributed by atoms with Crippen molar-refractivity contribution in [3.05, 3.63) is 191 Å². The summed E-state index contributed by atoms with van der Waals surface area (Å²) in [5.74, 6) is 0. The lowest BCUT2D eigenvalue weighted by molar-refractivity contribution is 1.42. The van der Waals surface area contributed by atoms with Gasteiger partial charge in [0.15, 0.2) is 0 Å². The van der Waals surface area contributed by atoms with Gasteiger partial charge in [-0.25, -0.2) is 0 Å². The van der Waals surface area contributed by atoms with Crippen LogP contribution in [0.2, 0.25) is 0 Å². The molecule has 0 unspecified atom stereocenters. The molecule has 0 radical (unpaired) electrons. The topological polar surface area (TPSA) is 0 Å². The van der Waals surface area contributed by atoms with Gasteiger partial charge in [-0.2, -0.15) is 0 Å². The van der Waals surface area contributed by atoms with Gasteiger partial charge in [0, 0.05) is 0 Å². The van der Waals surface area contributed by atoms with Crippen LogP contribution in [0.3, 0.4) is 0 Å². The van der Waals surface area contributed by atoms with Crippen LogP contribution in [0.15, 0.2) is 170 Å². The molecule has 0 N–H and O–H groups in total. The Morgan fingerprint density at radius 2 is 0.633 bits per heavy atom. The SMILES string of the molecule is c1ccc2c3c(ccc2c1)=C(c1ccc2c4ccccc4c4ccccc4c2c1)CC=3c1ccc2c3ccccc3c3ccccc3c2c1. The molecule has 0 heteroatoms. The zero-order valence-corrected chi connectivity index (χ0v) is 26.9. The highest BCUT2D eigenvalue weighted by Crippen LogP contribution is 2.40. The van der Waals surface area contributed by atoms with Gasteiger partial charge in [-0.05, 0) is 127 Å². The number of hydrogen-bond donors (Lipinski definition) is 0. The van der Waals surface area contributed by atoms with E-state index >= 15 is 0 Å². The second-order valence-corrected chi connectivity index (χ2v) is 13.5. The van der Waals surface area contributed by atoms with E-state index in [2.05, 4.69) is 170 Å². The van der Waals surface area contributed by atoms with Gasteiger partial charge in [0.2, 0.25) is 0 Å². The fourth-order valence-electron chi connectivity index (χ4n) is 8.90. The molecular weight excluding hydrogens is 589 g/mol. The van der Waals surface area contributed by atoms with Crippen molar-refractivity contribution < 1.29 is 0 Å². The van der Waals surface area contributed by atoms with Crippen molar-refractivity contribution in [1.82, 2.24) is 0 Å². The van der Waals surface area contributed by atoms with Crippen LogP contribution in [0, 0.1) is 0 Å². The highest BCUT2D eigenvalue weighted by molar-refractivity contribution is 6.27. The normalized spacial score (nSPS) is 13.1. The van der Waals surface area contributed by atoms with E-state index in [1.54, 1.807) is 0 Å². The van der Waals surface area contributed by atoms with Crippen molar-refractivity contribution in [2.24, 2.45) is 0 Å². The van der Waals surface area contributed by atoms with Gasteiger partial charge in [-0.3, -0.25) is 0 Å². The second kappa shape index (κ2) is 10.1. The molecule has 1 aliphatic carbocycles. The Morgan fingerprint density at radius 3 is 1.10 bits per heavy atom. The third-order valence-electron chi connectivity index (χ3n) is 11.1. The summed E-state index contributed by atoms with van der Waals surface area (Å²) in [6, 6.07) is 63.4. The van der Waals surface area contributed by atoms with Gasteiger partial charge in [0.05, 0.1) is 0 Å². The minimum absolute atomic E-state index is 0.886. The number of benzene rings is 10. The molecule has 0 spiro atoms. The summed E-state index contributed by atoms with van der Waals surface area (Å²) in [5.41, 5.74) is 5.41. The number of hydrogen-bond acceptors (Lipinski definition) is 0. The maximum atomic E-state index is 2.47. The first-order valence-corrected chi connectivity index (χ1v) is 17.2. The molecule has 1 aliphatic rings. The van der Waals surface area contributed by atoms with Crippen molar-refractivity contribution in [3.8, 4) is 0 Å². The molecule has 0 fully saturated rings. The van der Waals surface area contributed by atoms with E-state index in [9.17, 15) is 0 Å². The van der Waals surface area contributed by atoms with Crippen LogP contribution in [0.5, 0.6) is 0 Å². The fraction of sp³-hybridized carbons (Fsp3) is 0.0204. The summed E-state index contributed by atoms with van der Waals surface area (Å²) in [7, 11) is 0. The minimum atomic E-state index is 0.886. The van der Waals surface area contributed by atoms with Crippen LogP contribution in [-0.4, -0.2) is 0 Å². The monoisotopic (exact) mass is 618 g/mol. The third kappa shape index (κ3) is 3.80. The highest BCUT2D eigenvalue weighted by atomic mass is 14.2. The van der Waals surface area contributed by atoms with Gasteiger partial charge in [0.25, 0.3) is 0 Å². The van der Waals surface area contributed by atoms with Gasteiger partial charge < -0.3 is 0 Å². The zero-order chi connectivity index (χ0) is 32.1. The van der Waals surface area contributed by atoms with Gasteiger partial charge in [-0.15, -0.1) is 0 Å². The van der Waals surface area contributed by atoms with E-state index in [4.69, 9.17) is 0 Å². The van der Waals surface area contributed by atoms with Crippen molar-refractivity contribution in [3.63, 3.8) is 0 Å². The summed E-state index contributed by atoms with van der Waals surface area (Å²) >= 11 is 0.